The Bertz CT molecular complexity index is 439. The van der Waals surface area contributed by atoms with E-state index >= 15 is 0 Å². The van der Waals surface area contributed by atoms with Crippen LogP contribution in [0.15, 0.2) is 0 Å². The third-order valence-corrected chi connectivity index (χ3v) is 3.59. The number of anilines is 1. The maximum Gasteiger partial charge on any atom is 0.241 e. The van der Waals surface area contributed by atoms with Crippen LogP contribution < -0.4 is 11.1 Å². The minimum absolute atomic E-state index is 0.0126. The van der Waals surface area contributed by atoms with E-state index in [1.54, 1.807) is 4.68 Å². The van der Waals surface area contributed by atoms with Crippen molar-refractivity contribution < 1.29 is 4.79 Å². The van der Waals surface area contributed by atoms with E-state index in [2.05, 4.69) is 24.3 Å². The number of hydrogen-bond acceptors (Lipinski definition) is 3. The van der Waals surface area contributed by atoms with Crippen LogP contribution in [0, 0.1) is 19.8 Å². The molecule has 2 atom stereocenters. The molecule has 0 radical (unpaired) electrons. The second kappa shape index (κ2) is 6.59. The summed E-state index contributed by atoms with van der Waals surface area (Å²) in [6.07, 6.45) is 2.13. The fourth-order valence-electron chi connectivity index (χ4n) is 2.15. The van der Waals surface area contributed by atoms with E-state index in [0.29, 0.717) is 11.6 Å². The van der Waals surface area contributed by atoms with Gasteiger partial charge in [0, 0.05) is 6.04 Å². The minimum Gasteiger partial charge on any atom is -0.396 e. The molecule has 1 aromatic rings. The number of nitrogens with one attached hydrogen (secondary N) is 1. The Morgan fingerprint density at radius 3 is 2.53 bits per heavy atom. The number of aryl methyl sites for hydroxylation is 1. The number of amides is 1. The van der Waals surface area contributed by atoms with E-state index in [1.165, 1.54) is 0 Å². The van der Waals surface area contributed by atoms with Gasteiger partial charge in [0.1, 0.15) is 6.54 Å². The fourth-order valence-corrected chi connectivity index (χ4v) is 2.15. The van der Waals surface area contributed by atoms with Crippen molar-refractivity contribution in [2.24, 2.45) is 5.92 Å². The van der Waals surface area contributed by atoms with Crippen molar-refractivity contribution in [3.05, 3.63) is 11.4 Å². The van der Waals surface area contributed by atoms with Gasteiger partial charge in [0.15, 0.2) is 0 Å². The Morgan fingerprint density at radius 1 is 1.42 bits per heavy atom. The number of carbonyl (C=O) groups excluding carboxylic acids is 1. The molecule has 1 aromatic heterocycles. The summed E-state index contributed by atoms with van der Waals surface area (Å²) < 4.78 is 1.66. The SMILES string of the molecule is CCC(C)CC(C)NC(=O)Cn1nc(C)c(N)c1C. The van der Waals surface area contributed by atoms with E-state index in [-0.39, 0.29) is 18.5 Å². The number of nitrogens with two attached hydrogens (primary N) is 1. The van der Waals surface area contributed by atoms with Crippen molar-refractivity contribution in [1.29, 1.82) is 0 Å². The molecule has 5 nitrogen and oxygen atoms in total. The quantitative estimate of drug-likeness (QED) is 0.827. The zero-order chi connectivity index (χ0) is 14.6. The Kier molecular flexibility index (Phi) is 5.39. The number of hydrogen-bond donors (Lipinski definition) is 2. The van der Waals surface area contributed by atoms with Crippen LogP contribution in [-0.2, 0) is 11.3 Å². The molecule has 0 fully saturated rings. The number of rotatable bonds is 6. The van der Waals surface area contributed by atoms with Gasteiger partial charge in [0.25, 0.3) is 0 Å². The second-order valence-corrected chi connectivity index (χ2v) is 5.46. The van der Waals surface area contributed by atoms with Crippen molar-refractivity contribution in [2.45, 2.75) is 60.0 Å². The predicted molar refractivity (Wildman–Crippen MR) is 77.8 cm³/mol. The van der Waals surface area contributed by atoms with Crippen molar-refractivity contribution in [3.8, 4) is 0 Å². The molecule has 0 aromatic carbocycles. The van der Waals surface area contributed by atoms with Crippen LogP contribution >= 0.6 is 0 Å². The molecule has 0 aliphatic carbocycles. The summed E-state index contributed by atoms with van der Waals surface area (Å²) in [7, 11) is 0. The van der Waals surface area contributed by atoms with Gasteiger partial charge >= 0.3 is 0 Å². The summed E-state index contributed by atoms with van der Waals surface area (Å²) in [4.78, 5) is 12.0. The molecule has 0 bridgehead atoms. The molecule has 19 heavy (non-hydrogen) atoms. The Balaban J connectivity index is 2.53. The highest BCUT2D eigenvalue weighted by atomic mass is 16.2. The van der Waals surface area contributed by atoms with Crippen LogP contribution in [0.2, 0.25) is 0 Å². The molecule has 1 heterocycles. The van der Waals surface area contributed by atoms with Gasteiger partial charge in [-0.15, -0.1) is 0 Å². The molecule has 1 amide bonds. The van der Waals surface area contributed by atoms with Gasteiger partial charge < -0.3 is 11.1 Å². The largest absolute Gasteiger partial charge is 0.396 e. The molecule has 0 aliphatic rings. The first-order chi connectivity index (χ1) is 8.85. The summed E-state index contributed by atoms with van der Waals surface area (Å²) in [5.74, 6) is 0.612. The lowest BCUT2D eigenvalue weighted by Gasteiger charge is -2.17. The van der Waals surface area contributed by atoms with E-state index in [1.807, 2.05) is 20.8 Å². The zero-order valence-electron chi connectivity index (χ0n) is 12.7. The monoisotopic (exact) mass is 266 g/mol. The number of nitrogen functional groups attached to an aromatic ring is 1. The van der Waals surface area contributed by atoms with Crippen molar-refractivity contribution in [2.75, 3.05) is 5.73 Å². The highest BCUT2D eigenvalue weighted by molar-refractivity contribution is 5.76. The average molecular weight is 266 g/mol. The highest BCUT2D eigenvalue weighted by Crippen LogP contribution is 2.14. The maximum atomic E-state index is 12.0. The maximum absolute atomic E-state index is 12.0. The fraction of sp³-hybridized carbons (Fsp3) is 0.714. The van der Waals surface area contributed by atoms with Crippen LogP contribution in [0.25, 0.3) is 0 Å². The van der Waals surface area contributed by atoms with Crippen molar-refractivity contribution in [3.63, 3.8) is 0 Å². The molecular formula is C14H26N4O. The van der Waals surface area contributed by atoms with E-state index in [4.69, 9.17) is 5.73 Å². The summed E-state index contributed by atoms with van der Waals surface area (Å²) in [6.45, 7) is 10.4. The molecule has 3 N–H and O–H groups in total. The van der Waals surface area contributed by atoms with Gasteiger partial charge in [-0.3, -0.25) is 9.48 Å². The van der Waals surface area contributed by atoms with Crippen LogP contribution in [0.4, 0.5) is 5.69 Å². The lowest BCUT2D eigenvalue weighted by Crippen LogP contribution is -2.36. The Labute approximate surface area is 115 Å². The Morgan fingerprint density at radius 2 is 2.05 bits per heavy atom. The van der Waals surface area contributed by atoms with Crippen LogP contribution in [0.3, 0.4) is 0 Å². The third-order valence-electron chi connectivity index (χ3n) is 3.59. The third kappa shape index (κ3) is 4.26. The Hall–Kier alpha value is -1.52. The lowest BCUT2D eigenvalue weighted by molar-refractivity contribution is -0.122. The molecule has 5 heteroatoms. The molecule has 108 valence electrons. The van der Waals surface area contributed by atoms with Crippen LogP contribution in [-0.4, -0.2) is 21.7 Å². The summed E-state index contributed by atoms with van der Waals surface area (Å²) >= 11 is 0. The smallest absolute Gasteiger partial charge is 0.241 e. The average Bonchev–Trinajstić information content (AvgIpc) is 2.56. The standard InChI is InChI=1S/C14H26N4O/c1-6-9(2)7-10(3)16-13(19)8-18-12(5)14(15)11(4)17-18/h9-10H,6-8,15H2,1-5H3,(H,16,19). The van der Waals surface area contributed by atoms with Gasteiger partial charge in [0.05, 0.1) is 17.1 Å². The molecular weight excluding hydrogens is 240 g/mol. The summed E-state index contributed by atoms with van der Waals surface area (Å²) in [5, 5.41) is 7.27. The van der Waals surface area contributed by atoms with E-state index < -0.39 is 0 Å². The first kappa shape index (κ1) is 15.5. The summed E-state index contributed by atoms with van der Waals surface area (Å²) in [6, 6.07) is 0.191. The van der Waals surface area contributed by atoms with Crippen LogP contribution in [0.1, 0.15) is 45.0 Å². The number of aromatic nitrogens is 2. The molecule has 1 rings (SSSR count). The first-order valence-corrected chi connectivity index (χ1v) is 6.94. The van der Waals surface area contributed by atoms with Crippen molar-refractivity contribution in [1.82, 2.24) is 15.1 Å². The zero-order valence-corrected chi connectivity index (χ0v) is 12.7. The predicted octanol–water partition coefficient (Wildman–Crippen LogP) is 2.02. The molecule has 0 saturated heterocycles. The van der Waals surface area contributed by atoms with Gasteiger partial charge in [-0.1, -0.05) is 20.3 Å². The number of nitrogens with zero attached hydrogens (tertiary/aromatic N) is 2. The lowest BCUT2D eigenvalue weighted by atomic mass is 10.0. The minimum atomic E-state index is -0.0126. The van der Waals surface area contributed by atoms with Crippen LogP contribution in [0.5, 0.6) is 0 Å². The summed E-state index contributed by atoms with van der Waals surface area (Å²) in [5.41, 5.74) is 8.14. The van der Waals surface area contributed by atoms with Gasteiger partial charge in [-0.2, -0.15) is 5.10 Å². The number of carbonyl (C=O) groups is 1. The second-order valence-electron chi connectivity index (χ2n) is 5.46. The van der Waals surface area contributed by atoms with E-state index in [0.717, 1.165) is 24.2 Å². The molecule has 2 unspecified atom stereocenters. The topological polar surface area (TPSA) is 72.9 Å². The normalized spacial score (nSPS) is 14.2. The first-order valence-electron chi connectivity index (χ1n) is 6.94. The van der Waals surface area contributed by atoms with Gasteiger partial charge in [-0.05, 0) is 33.1 Å². The molecule has 0 spiro atoms. The highest BCUT2D eigenvalue weighted by Gasteiger charge is 2.14. The van der Waals surface area contributed by atoms with Gasteiger partial charge in [-0.25, -0.2) is 0 Å². The van der Waals surface area contributed by atoms with E-state index in [9.17, 15) is 4.79 Å². The van der Waals surface area contributed by atoms with Gasteiger partial charge in [0.2, 0.25) is 5.91 Å². The molecule has 0 saturated carbocycles. The van der Waals surface area contributed by atoms with Crippen molar-refractivity contribution >= 4 is 11.6 Å². The molecule has 0 aliphatic heterocycles.